The van der Waals surface area contributed by atoms with Gasteiger partial charge in [-0.15, -0.1) is 0 Å². The molecule has 0 aromatic heterocycles. The summed E-state index contributed by atoms with van der Waals surface area (Å²) in [6.45, 7) is 2.06. The molecule has 2 N–H and O–H groups in total. The zero-order valence-corrected chi connectivity index (χ0v) is 9.20. The van der Waals surface area contributed by atoms with Crippen LogP contribution in [-0.4, -0.2) is 23.6 Å². The van der Waals surface area contributed by atoms with E-state index in [0.717, 1.165) is 6.07 Å². The van der Waals surface area contributed by atoms with E-state index >= 15 is 0 Å². The molecule has 0 atom stereocenters. The van der Waals surface area contributed by atoms with Crippen molar-refractivity contribution >= 4 is 17.6 Å². The van der Waals surface area contributed by atoms with Crippen LogP contribution in [0.15, 0.2) is 18.2 Å². The third-order valence-corrected chi connectivity index (χ3v) is 1.83. The molecule has 1 amide bonds. The number of hydrogen-bond acceptors (Lipinski definition) is 3. The predicted molar refractivity (Wildman–Crippen MR) is 58.5 cm³/mol. The van der Waals surface area contributed by atoms with Crippen LogP contribution in [0.2, 0.25) is 0 Å². The number of amides is 1. The average Bonchev–Trinajstić information content (AvgIpc) is 2.21. The summed E-state index contributed by atoms with van der Waals surface area (Å²) in [5.74, 6) is -2.47. The van der Waals surface area contributed by atoms with Crippen molar-refractivity contribution in [1.82, 2.24) is 0 Å². The van der Waals surface area contributed by atoms with Crippen molar-refractivity contribution in [2.45, 2.75) is 13.3 Å². The Kier molecular flexibility index (Phi) is 4.45. The van der Waals surface area contributed by atoms with Crippen molar-refractivity contribution in [1.29, 1.82) is 0 Å². The lowest BCUT2D eigenvalue weighted by atomic mass is 10.2. The summed E-state index contributed by atoms with van der Waals surface area (Å²) in [6.07, 6.45) is -0.658. The van der Waals surface area contributed by atoms with Crippen LogP contribution in [0.3, 0.4) is 0 Å². The zero-order valence-electron chi connectivity index (χ0n) is 9.20. The maximum absolute atomic E-state index is 13.4. The monoisotopic (exact) mass is 241 g/mol. The Balaban J connectivity index is 2.70. The Morgan fingerprint density at radius 1 is 1.47 bits per heavy atom. The fourth-order valence-corrected chi connectivity index (χ4v) is 1.19. The van der Waals surface area contributed by atoms with Crippen LogP contribution in [-0.2, 0) is 9.59 Å². The molecule has 1 aromatic carbocycles. The molecular weight excluding hydrogens is 229 g/mol. The number of carbonyl (C=O) groups is 2. The number of benzene rings is 1. The Morgan fingerprint density at radius 2 is 2.18 bits per heavy atom. The molecule has 0 heterocycles. The van der Waals surface area contributed by atoms with Crippen molar-refractivity contribution in [2.24, 2.45) is 0 Å². The van der Waals surface area contributed by atoms with Gasteiger partial charge in [-0.2, -0.15) is 0 Å². The van der Waals surface area contributed by atoms with Gasteiger partial charge < -0.3 is 15.2 Å². The van der Waals surface area contributed by atoms with Crippen molar-refractivity contribution in [3.05, 3.63) is 24.0 Å². The number of aliphatic carboxylic acids is 1. The molecular formula is C11H12FNO4. The van der Waals surface area contributed by atoms with Gasteiger partial charge in [-0.3, -0.25) is 9.59 Å². The summed E-state index contributed by atoms with van der Waals surface area (Å²) in [6, 6.07) is 3.88. The van der Waals surface area contributed by atoms with Gasteiger partial charge in [0.1, 0.15) is 6.42 Å². The molecule has 5 nitrogen and oxygen atoms in total. The smallest absolute Gasteiger partial charge is 0.312 e. The Morgan fingerprint density at radius 3 is 2.71 bits per heavy atom. The predicted octanol–water partition coefficient (Wildman–Crippen LogP) is 1.64. The zero-order chi connectivity index (χ0) is 12.8. The fourth-order valence-electron chi connectivity index (χ4n) is 1.19. The lowest BCUT2D eigenvalue weighted by Gasteiger charge is -2.07. The molecule has 0 aliphatic rings. The average molecular weight is 241 g/mol. The maximum atomic E-state index is 13.4. The number of carboxylic acids is 1. The molecule has 1 aromatic rings. The van der Waals surface area contributed by atoms with Gasteiger partial charge in [0, 0.05) is 11.8 Å². The van der Waals surface area contributed by atoms with Crippen molar-refractivity contribution in [3.8, 4) is 5.75 Å². The minimum atomic E-state index is -1.24. The highest BCUT2D eigenvalue weighted by Crippen LogP contribution is 2.21. The molecule has 17 heavy (non-hydrogen) atoms. The van der Waals surface area contributed by atoms with Gasteiger partial charge in [0.05, 0.1) is 6.61 Å². The minimum absolute atomic E-state index is 0.0868. The van der Waals surface area contributed by atoms with Crippen LogP contribution in [0, 0.1) is 5.82 Å². The topological polar surface area (TPSA) is 75.6 Å². The number of hydrogen-bond donors (Lipinski definition) is 2. The van der Waals surface area contributed by atoms with E-state index in [1.54, 1.807) is 6.92 Å². The first kappa shape index (κ1) is 13.0. The van der Waals surface area contributed by atoms with Crippen LogP contribution in [0.4, 0.5) is 10.1 Å². The highest BCUT2D eigenvalue weighted by molar-refractivity contribution is 6.01. The quantitative estimate of drug-likeness (QED) is 0.768. The summed E-state index contributed by atoms with van der Waals surface area (Å²) in [5, 5.41) is 10.6. The lowest BCUT2D eigenvalue weighted by molar-refractivity contribution is -0.139. The van der Waals surface area contributed by atoms with E-state index in [2.05, 4.69) is 5.32 Å². The van der Waals surface area contributed by atoms with Gasteiger partial charge >= 0.3 is 5.97 Å². The van der Waals surface area contributed by atoms with Gasteiger partial charge in [0.25, 0.3) is 0 Å². The van der Waals surface area contributed by atoms with Crippen molar-refractivity contribution in [3.63, 3.8) is 0 Å². The Labute approximate surface area is 97.2 Å². The summed E-state index contributed by atoms with van der Waals surface area (Å²) < 4.78 is 18.3. The highest BCUT2D eigenvalue weighted by atomic mass is 19.1. The minimum Gasteiger partial charge on any atom is -0.491 e. The normalized spacial score (nSPS) is 9.76. The third-order valence-electron chi connectivity index (χ3n) is 1.83. The first-order valence-corrected chi connectivity index (χ1v) is 4.97. The standard InChI is InChI=1S/C11H12FNO4/c1-2-17-9-4-3-7(5-8(9)12)13-10(14)6-11(15)16/h3-5H,2,6H2,1H3,(H,13,14)(H,15,16). The number of carbonyl (C=O) groups excluding carboxylic acids is 1. The van der Waals surface area contributed by atoms with Gasteiger partial charge in [0.15, 0.2) is 11.6 Å². The SMILES string of the molecule is CCOc1ccc(NC(=O)CC(=O)O)cc1F. The van der Waals surface area contributed by atoms with Crippen LogP contribution in [0.1, 0.15) is 13.3 Å². The second-order valence-electron chi connectivity index (χ2n) is 3.20. The Hall–Kier alpha value is -2.11. The molecule has 0 saturated carbocycles. The molecule has 1 rings (SSSR count). The van der Waals surface area contributed by atoms with Crippen LogP contribution < -0.4 is 10.1 Å². The van der Waals surface area contributed by atoms with E-state index in [-0.39, 0.29) is 11.4 Å². The van der Waals surface area contributed by atoms with Gasteiger partial charge in [-0.1, -0.05) is 0 Å². The van der Waals surface area contributed by atoms with Crippen LogP contribution >= 0.6 is 0 Å². The second-order valence-corrected chi connectivity index (χ2v) is 3.20. The van der Waals surface area contributed by atoms with Crippen LogP contribution in [0.5, 0.6) is 5.75 Å². The molecule has 0 spiro atoms. The molecule has 0 aliphatic carbocycles. The Bertz CT molecular complexity index is 433. The number of carboxylic acid groups (broad SMARTS) is 1. The first-order valence-electron chi connectivity index (χ1n) is 4.97. The number of anilines is 1. The summed E-state index contributed by atoms with van der Waals surface area (Å²) in [4.78, 5) is 21.4. The lowest BCUT2D eigenvalue weighted by Crippen LogP contribution is -2.16. The third kappa shape index (κ3) is 4.10. The summed E-state index contributed by atoms with van der Waals surface area (Å²) in [7, 11) is 0. The van der Waals surface area contributed by atoms with E-state index in [4.69, 9.17) is 9.84 Å². The van der Waals surface area contributed by atoms with Gasteiger partial charge in [0.2, 0.25) is 5.91 Å². The van der Waals surface area contributed by atoms with Gasteiger partial charge in [-0.05, 0) is 19.1 Å². The molecule has 0 bridgehead atoms. The van der Waals surface area contributed by atoms with E-state index in [9.17, 15) is 14.0 Å². The summed E-state index contributed by atoms with van der Waals surface area (Å²) >= 11 is 0. The molecule has 92 valence electrons. The molecule has 0 radical (unpaired) electrons. The molecule has 0 aliphatic heterocycles. The second kappa shape index (κ2) is 5.83. The van der Waals surface area contributed by atoms with Crippen LogP contribution in [0.25, 0.3) is 0 Å². The molecule has 0 fully saturated rings. The molecule has 6 heteroatoms. The number of nitrogens with one attached hydrogen (secondary N) is 1. The van der Waals surface area contributed by atoms with E-state index in [1.165, 1.54) is 12.1 Å². The van der Waals surface area contributed by atoms with Crippen molar-refractivity contribution < 1.29 is 23.8 Å². The highest BCUT2D eigenvalue weighted by Gasteiger charge is 2.09. The van der Waals surface area contributed by atoms with E-state index < -0.39 is 24.1 Å². The first-order chi connectivity index (χ1) is 8.02. The maximum Gasteiger partial charge on any atom is 0.312 e. The van der Waals surface area contributed by atoms with E-state index in [1.807, 2.05) is 0 Å². The molecule has 0 unspecified atom stereocenters. The number of halogens is 1. The summed E-state index contributed by atoms with van der Waals surface area (Å²) in [5.41, 5.74) is 0.192. The van der Waals surface area contributed by atoms with Crippen molar-refractivity contribution in [2.75, 3.05) is 11.9 Å². The number of rotatable bonds is 5. The van der Waals surface area contributed by atoms with Gasteiger partial charge in [-0.25, -0.2) is 4.39 Å². The number of ether oxygens (including phenoxy) is 1. The molecule has 0 saturated heterocycles. The largest absolute Gasteiger partial charge is 0.491 e. The fraction of sp³-hybridized carbons (Fsp3) is 0.273. The van der Waals surface area contributed by atoms with E-state index in [0.29, 0.717) is 6.61 Å².